The number of hydrogen-bond donors (Lipinski definition) is 3. The summed E-state index contributed by atoms with van der Waals surface area (Å²) in [6, 6.07) is 0.0942. The summed E-state index contributed by atoms with van der Waals surface area (Å²) >= 11 is 0. The van der Waals surface area contributed by atoms with Gasteiger partial charge in [-0.05, 0) is 26.8 Å². The maximum Gasteiger partial charge on any atom is 0.244 e. The van der Waals surface area contributed by atoms with E-state index >= 15 is 0 Å². The van der Waals surface area contributed by atoms with Crippen LogP contribution in [-0.4, -0.2) is 31.7 Å². The van der Waals surface area contributed by atoms with Crippen molar-refractivity contribution >= 4 is 10.0 Å². The monoisotopic (exact) mass is 258 g/mol. The van der Waals surface area contributed by atoms with Crippen LogP contribution < -0.4 is 10.0 Å². The first-order valence-electron chi connectivity index (χ1n) is 5.75. The number of rotatable bonds is 5. The number of aryl methyl sites for hydroxylation is 1. The molecular weight excluding hydrogens is 240 g/mol. The zero-order chi connectivity index (χ0) is 12.5. The summed E-state index contributed by atoms with van der Waals surface area (Å²) in [5, 5.41) is 9.66. The molecule has 0 unspecified atom stereocenters. The predicted molar refractivity (Wildman–Crippen MR) is 64.0 cm³/mol. The molecule has 0 aromatic carbocycles. The van der Waals surface area contributed by atoms with Gasteiger partial charge in [0.05, 0.1) is 11.4 Å². The van der Waals surface area contributed by atoms with Gasteiger partial charge in [0.25, 0.3) is 0 Å². The van der Waals surface area contributed by atoms with Gasteiger partial charge in [0.1, 0.15) is 4.90 Å². The molecule has 0 bridgehead atoms. The first-order chi connectivity index (χ1) is 8.04. The second-order valence-corrected chi connectivity index (χ2v) is 6.05. The Balaban J connectivity index is 2.27. The van der Waals surface area contributed by atoms with Crippen LogP contribution in [0, 0.1) is 6.92 Å². The Hall–Kier alpha value is -0.920. The number of nitrogens with one attached hydrogen (secondary N) is 3. The van der Waals surface area contributed by atoms with E-state index < -0.39 is 10.0 Å². The zero-order valence-corrected chi connectivity index (χ0v) is 10.9. The SMILES string of the molecule is CNCc1n[nH]c(C)c1S(=O)(=O)NC1CCC1. The molecule has 0 atom stereocenters. The Morgan fingerprint density at radius 1 is 1.47 bits per heavy atom. The number of nitrogens with zero attached hydrogens (tertiary/aromatic N) is 1. The maximum absolute atomic E-state index is 12.2. The highest BCUT2D eigenvalue weighted by atomic mass is 32.2. The van der Waals surface area contributed by atoms with Crippen LogP contribution in [0.4, 0.5) is 0 Å². The standard InChI is InChI=1S/C10H18N4O2S/c1-7-10(9(6-11-2)13-12-7)17(15,16)14-8-4-3-5-8/h8,11,14H,3-6H2,1-2H3,(H,12,13). The molecule has 0 saturated heterocycles. The van der Waals surface area contributed by atoms with Crippen LogP contribution in [0.1, 0.15) is 30.7 Å². The fourth-order valence-corrected chi connectivity index (χ4v) is 3.59. The predicted octanol–water partition coefficient (Wildman–Crippen LogP) is 0.268. The van der Waals surface area contributed by atoms with Crippen LogP contribution in [0.2, 0.25) is 0 Å². The molecule has 1 saturated carbocycles. The van der Waals surface area contributed by atoms with E-state index in [1.165, 1.54) is 0 Å². The highest BCUT2D eigenvalue weighted by molar-refractivity contribution is 7.89. The molecular formula is C10H18N4O2S. The summed E-state index contributed by atoms with van der Waals surface area (Å²) in [6.45, 7) is 2.16. The lowest BCUT2D eigenvalue weighted by Crippen LogP contribution is -2.39. The Morgan fingerprint density at radius 2 is 2.18 bits per heavy atom. The fraction of sp³-hybridized carbons (Fsp3) is 0.700. The third kappa shape index (κ3) is 2.51. The highest BCUT2D eigenvalue weighted by Gasteiger charge is 2.29. The summed E-state index contributed by atoms with van der Waals surface area (Å²) in [5.74, 6) is 0. The molecule has 1 aromatic rings. The summed E-state index contributed by atoms with van der Waals surface area (Å²) in [4.78, 5) is 0.291. The molecule has 7 heteroatoms. The number of aromatic amines is 1. The maximum atomic E-state index is 12.2. The van der Waals surface area contributed by atoms with Crippen LogP contribution in [-0.2, 0) is 16.6 Å². The van der Waals surface area contributed by atoms with Gasteiger partial charge in [-0.25, -0.2) is 13.1 Å². The quantitative estimate of drug-likeness (QED) is 0.707. The third-order valence-electron chi connectivity index (χ3n) is 3.00. The van der Waals surface area contributed by atoms with Crippen molar-refractivity contribution in [3.63, 3.8) is 0 Å². The number of H-pyrrole nitrogens is 1. The summed E-state index contributed by atoms with van der Waals surface area (Å²) < 4.78 is 27.1. The van der Waals surface area contributed by atoms with Crippen LogP contribution >= 0.6 is 0 Å². The molecule has 1 fully saturated rings. The van der Waals surface area contributed by atoms with Gasteiger partial charge < -0.3 is 5.32 Å². The van der Waals surface area contributed by atoms with Crippen LogP contribution in [0.25, 0.3) is 0 Å². The van der Waals surface area contributed by atoms with Crippen LogP contribution in [0.3, 0.4) is 0 Å². The van der Waals surface area contributed by atoms with Crippen molar-refractivity contribution in [1.29, 1.82) is 0 Å². The normalized spacial score (nSPS) is 17.1. The molecule has 0 amide bonds. The Kier molecular flexibility index (Phi) is 3.50. The van der Waals surface area contributed by atoms with Crippen molar-refractivity contribution < 1.29 is 8.42 Å². The summed E-state index contributed by atoms with van der Waals surface area (Å²) in [5.41, 5.74) is 1.12. The average molecular weight is 258 g/mol. The first-order valence-corrected chi connectivity index (χ1v) is 7.23. The molecule has 1 aliphatic carbocycles. The van der Waals surface area contributed by atoms with E-state index in [-0.39, 0.29) is 6.04 Å². The zero-order valence-electron chi connectivity index (χ0n) is 10.1. The Bertz CT molecular complexity index is 490. The molecule has 17 heavy (non-hydrogen) atoms. The number of aromatic nitrogens is 2. The van der Waals surface area contributed by atoms with E-state index in [9.17, 15) is 8.42 Å². The van der Waals surface area contributed by atoms with Gasteiger partial charge in [0, 0.05) is 12.6 Å². The van der Waals surface area contributed by atoms with Crippen molar-refractivity contribution in [2.24, 2.45) is 0 Å². The smallest absolute Gasteiger partial charge is 0.244 e. The summed E-state index contributed by atoms with van der Waals surface area (Å²) in [7, 11) is -1.68. The molecule has 1 aliphatic rings. The fourth-order valence-electron chi connectivity index (χ4n) is 1.92. The minimum atomic E-state index is -3.44. The van der Waals surface area contributed by atoms with E-state index in [0.717, 1.165) is 19.3 Å². The van der Waals surface area contributed by atoms with Gasteiger partial charge >= 0.3 is 0 Å². The van der Waals surface area contributed by atoms with E-state index in [2.05, 4.69) is 20.2 Å². The molecule has 0 radical (unpaired) electrons. The number of hydrogen-bond acceptors (Lipinski definition) is 4. The van der Waals surface area contributed by atoms with Gasteiger partial charge in [-0.2, -0.15) is 5.10 Å². The lowest BCUT2D eigenvalue weighted by molar-refractivity contribution is 0.383. The second-order valence-electron chi connectivity index (χ2n) is 4.40. The van der Waals surface area contributed by atoms with E-state index in [1.807, 2.05) is 0 Å². The average Bonchev–Trinajstić information content (AvgIpc) is 2.55. The van der Waals surface area contributed by atoms with Gasteiger partial charge in [0.15, 0.2) is 0 Å². The highest BCUT2D eigenvalue weighted by Crippen LogP contribution is 2.23. The van der Waals surface area contributed by atoms with Gasteiger partial charge in [-0.15, -0.1) is 0 Å². The topological polar surface area (TPSA) is 86.9 Å². The molecule has 2 rings (SSSR count). The largest absolute Gasteiger partial charge is 0.314 e. The van der Waals surface area contributed by atoms with E-state index in [0.29, 0.717) is 22.8 Å². The van der Waals surface area contributed by atoms with Gasteiger partial charge in [-0.1, -0.05) is 6.42 Å². The number of sulfonamides is 1. The summed E-state index contributed by atoms with van der Waals surface area (Å²) in [6.07, 6.45) is 2.95. The van der Waals surface area contributed by atoms with Crippen LogP contribution in [0.15, 0.2) is 4.90 Å². The van der Waals surface area contributed by atoms with Gasteiger partial charge in [-0.3, -0.25) is 5.10 Å². The molecule has 0 aliphatic heterocycles. The van der Waals surface area contributed by atoms with E-state index in [1.54, 1.807) is 14.0 Å². The first kappa shape index (κ1) is 12.5. The van der Waals surface area contributed by atoms with Crippen molar-refractivity contribution in [1.82, 2.24) is 20.2 Å². The van der Waals surface area contributed by atoms with Crippen LogP contribution in [0.5, 0.6) is 0 Å². The van der Waals surface area contributed by atoms with Crippen molar-refractivity contribution in [3.8, 4) is 0 Å². The Morgan fingerprint density at radius 3 is 2.71 bits per heavy atom. The minimum Gasteiger partial charge on any atom is -0.314 e. The second kappa shape index (κ2) is 4.75. The Labute approximate surface area is 101 Å². The van der Waals surface area contributed by atoms with Crippen molar-refractivity contribution in [3.05, 3.63) is 11.4 Å². The molecule has 96 valence electrons. The molecule has 3 N–H and O–H groups in total. The van der Waals surface area contributed by atoms with E-state index in [4.69, 9.17) is 0 Å². The molecule has 6 nitrogen and oxygen atoms in total. The van der Waals surface area contributed by atoms with Crippen molar-refractivity contribution in [2.75, 3.05) is 7.05 Å². The molecule has 1 heterocycles. The lowest BCUT2D eigenvalue weighted by atomic mass is 9.94. The van der Waals surface area contributed by atoms with Gasteiger partial charge in [0.2, 0.25) is 10.0 Å². The minimum absolute atomic E-state index is 0.0942. The lowest BCUT2D eigenvalue weighted by Gasteiger charge is -2.26. The molecule has 0 spiro atoms. The third-order valence-corrected chi connectivity index (χ3v) is 4.72. The molecule has 1 aromatic heterocycles. The van der Waals surface area contributed by atoms with Crippen molar-refractivity contribution in [2.45, 2.75) is 43.7 Å².